The lowest BCUT2D eigenvalue weighted by atomic mass is 9.78. The molecule has 92 valence electrons. The Morgan fingerprint density at radius 2 is 1.63 bits per heavy atom. The number of aromatic nitrogens is 1. The van der Waals surface area contributed by atoms with Crippen LogP contribution in [0.5, 0.6) is 0 Å². The highest BCUT2D eigenvalue weighted by Crippen LogP contribution is 2.33. The lowest BCUT2D eigenvalue weighted by molar-refractivity contribution is -0.517. The van der Waals surface area contributed by atoms with Gasteiger partial charge in [-0.15, -0.1) is 0 Å². The number of benzene rings is 2. The summed E-state index contributed by atoms with van der Waals surface area (Å²) in [4.78, 5) is 0. The van der Waals surface area contributed by atoms with E-state index >= 15 is 0 Å². The molecule has 0 fully saturated rings. The van der Waals surface area contributed by atoms with Gasteiger partial charge in [0.1, 0.15) is 6.20 Å². The van der Waals surface area contributed by atoms with Crippen molar-refractivity contribution < 1.29 is 4.48 Å². The molecule has 0 amide bonds. The summed E-state index contributed by atoms with van der Waals surface area (Å²) in [6.07, 6.45) is 2.12. The smallest absolute Gasteiger partial charge is 0.397 e. The number of fused-ring (bicyclic) bond motifs is 5. The van der Waals surface area contributed by atoms with Gasteiger partial charge in [-0.05, 0) is 16.8 Å². The van der Waals surface area contributed by atoms with Gasteiger partial charge < -0.3 is 4.48 Å². The van der Waals surface area contributed by atoms with Gasteiger partial charge in [-0.1, -0.05) is 47.9 Å². The van der Waals surface area contributed by atoms with Gasteiger partial charge in [0.2, 0.25) is 0 Å². The van der Waals surface area contributed by atoms with Crippen LogP contribution in [0.1, 0.15) is 0 Å². The predicted molar refractivity (Wildman–Crippen MR) is 88.2 cm³/mol. The second-order valence-corrected chi connectivity index (χ2v) is 8.75. The van der Waals surface area contributed by atoms with Crippen molar-refractivity contribution in [3.05, 3.63) is 60.8 Å². The molecule has 0 aliphatic carbocycles. The Morgan fingerprint density at radius 1 is 0.842 bits per heavy atom. The van der Waals surface area contributed by atoms with Crippen molar-refractivity contribution in [1.29, 1.82) is 0 Å². The standard InChI is InChI=1S/C15H10BBr2N/c17-16(18)15-12-6-2-1-5-11(12)8-9-13(15)14-7-3-4-10-19(14)16/h1-10H. The van der Waals surface area contributed by atoms with E-state index in [1.54, 1.807) is 0 Å². The molecule has 19 heavy (non-hydrogen) atoms. The number of pyridine rings is 1. The molecule has 0 atom stereocenters. The van der Waals surface area contributed by atoms with Crippen LogP contribution in [0.3, 0.4) is 0 Å². The number of rotatable bonds is 0. The molecule has 1 aliphatic heterocycles. The highest BCUT2D eigenvalue weighted by atomic mass is 79.9. The van der Waals surface area contributed by atoms with Crippen molar-refractivity contribution in [2.45, 2.75) is 0 Å². The summed E-state index contributed by atoms with van der Waals surface area (Å²) >= 11 is 7.81. The van der Waals surface area contributed by atoms with E-state index in [2.05, 4.69) is 96.8 Å². The van der Waals surface area contributed by atoms with Crippen molar-refractivity contribution in [2.24, 2.45) is 0 Å². The number of nitrogens with zero attached hydrogens (tertiary/aromatic N) is 1. The Labute approximate surface area is 128 Å². The predicted octanol–water partition coefficient (Wildman–Crippen LogP) is 3.59. The largest absolute Gasteiger partial charge is 0.428 e. The molecule has 0 N–H and O–H groups in total. The molecule has 2 heterocycles. The maximum Gasteiger partial charge on any atom is 0.428 e. The van der Waals surface area contributed by atoms with Crippen molar-refractivity contribution in [3.8, 4) is 11.3 Å². The summed E-state index contributed by atoms with van der Waals surface area (Å²) in [5.41, 5.74) is 3.88. The fraction of sp³-hybridized carbons (Fsp3) is 0. The molecule has 0 bridgehead atoms. The van der Waals surface area contributed by atoms with Crippen LogP contribution in [0.4, 0.5) is 0 Å². The molecule has 0 saturated carbocycles. The first-order chi connectivity index (χ1) is 9.19. The van der Waals surface area contributed by atoms with Crippen LogP contribution in [0.15, 0.2) is 60.8 Å². The van der Waals surface area contributed by atoms with E-state index < -0.39 is 3.93 Å². The van der Waals surface area contributed by atoms with Gasteiger partial charge in [-0.2, -0.15) is 0 Å². The molecule has 1 aliphatic rings. The summed E-state index contributed by atoms with van der Waals surface area (Å²) in [5.74, 6) is 0. The zero-order valence-corrected chi connectivity index (χ0v) is 13.2. The molecule has 2 aromatic carbocycles. The Bertz CT molecular complexity index is 814. The van der Waals surface area contributed by atoms with Gasteiger partial charge in [0, 0.05) is 11.6 Å². The monoisotopic (exact) mass is 373 g/mol. The Morgan fingerprint density at radius 3 is 2.53 bits per heavy atom. The molecule has 0 spiro atoms. The number of halogens is 2. The normalized spacial score (nSPS) is 15.3. The minimum atomic E-state index is -1.10. The summed E-state index contributed by atoms with van der Waals surface area (Å²) in [5, 5.41) is 2.58. The molecule has 1 nitrogen and oxygen atoms in total. The van der Waals surface area contributed by atoms with Crippen molar-refractivity contribution in [1.82, 2.24) is 0 Å². The third-order valence-corrected chi connectivity index (χ3v) is 5.63. The average molecular weight is 375 g/mol. The van der Waals surface area contributed by atoms with Gasteiger partial charge in [0.25, 0.3) is 0 Å². The molecular formula is C15H10BBr2N. The van der Waals surface area contributed by atoms with E-state index in [9.17, 15) is 0 Å². The molecule has 4 heteroatoms. The first-order valence-electron chi connectivity index (χ1n) is 6.24. The fourth-order valence-corrected chi connectivity index (χ4v) is 4.70. The second kappa shape index (κ2) is 3.93. The Kier molecular flexibility index (Phi) is 2.42. The van der Waals surface area contributed by atoms with Crippen LogP contribution >= 0.6 is 31.5 Å². The quantitative estimate of drug-likeness (QED) is 0.529. The minimum Gasteiger partial charge on any atom is -0.397 e. The van der Waals surface area contributed by atoms with Crippen LogP contribution < -0.4 is 9.94 Å². The zero-order chi connectivity index (χ0) is 13.0. The van der Waals surface area contributed by atoms with Crippen LogP contribution in [-0.4, -0.2) is 3.93 Å². The SMILES string of the molecule is Br[B-]1(Br)c2c(ccc3ccccc23)-c2cccc[n+]21. The van der Waals surface area contributed by atoms with Gasteiger partial charge in [0.05, 0.1) is 0 Å². The van der Waals surface area contributed by atoms with Crippen molar-refractivity contribution >= 4 is 51.7 Å². The topological polar surface area (TPSA) is 3.88 Å². The lowest BCUT2D eigenvalue weighted by Gasteiger charge is -2.19. The van der Waals surface area contributed by atoms with Crippen LogP contribution in [-0.2, 0) is 0 Å². The first-order valence-corrected chi connectivity index (χ1v) is 8.07. The van der Waals surface area contributed by atoms with Gasteiger partial charge in [-0.25, -0.2) is 31.5 Å². The summed E-state index contributed by atoms with van der Waals surface area (Å²) in [6.45, 7) is 0. The number of hydrogen-bond donors (Lipinski definition) is 0. The van der Waals surface area contributed by atoms with Crippen molar-refractivity contribution in [3.63, 3.8) is 0 Å². The van der Waals surface area contributed by atoms with Crippen LogP contribution in [0.25, 0.3) is 22.0 Å². The third kappa shape index (κ3) is 1.50. The van der Waals surface area contributed by atoms with E-state index in [1.807, 2.05) is 0 Å². The first kappa shape index (κ1) is 11.7. The molecule has 0 unspecified atom stereocenters. The Hall–Kier alpha value is -1.13. The van der Waals surface area contributed by atoms with Crippen LogP contribution in [0.2, 0.25) is 0 Å². The average Bonchev–Trinajstić information content (AvgIpc) is 2.68. The highest BCUT2D eigenvalue weighted by molar-refractivity contribution is 9.51. The highest BCUT2D eigenvalue weighted by Gasteiger charge is 2.43. The zero-order valence-electron chi connectivity index (χ0n) is 10.1. The summed E-state index contributed by atoms with van der Waals surface area (Å²) in [6, 6.07) is 19.3. The molecule has 4 rings (SSSR count). The molecule has 3 aromatic rings. The lowest BCUT2D eigenvalue weighted by Crippen LogP contribution is -2.59. The van der Waals surface area contributed by atoms with Crippen molar-refractivity contribution in [2.75, 3.05) is 0 Å². The third-order valence-electron chi connectivity index (χ3n) is 3.83. The molecule has 0 radical (unpaired) electrons. The van der Waals surface area contributed by atoms with E-state index in [-0.39, 0.29) is 0 Å². The minimum absolute atomic E-state index is 1.10. The fourth-order valence-electron chi connectivity index (χ4n) is 3.00. The van der Waals surface area contributed by atoms with Gasteiger partial charge >= 0.3 is 3.93 Å². The van der Waals surface area contributed by atoms with Gasteiger partial charge in [0.15, 0.2) is 5.69 Å². The molecule has 1 aromatic heterocycles. The summed E-state index contributed by atoms with van der Waals surface area (Å²) in [7, 11) is 0. The van der Waals surface area contributed by atoms with Crippen LogP contribution in [0, 0.1) is 0 Å². The van der Waals surface area contributed by atoms with E-state index in [4.69, 9.17) is 0 Å². The van der Waals surface area contributed by atoms with Gasteiger partial charge in [-0.3, -0.25) is 0 Å². The van der Waals surface area contributed by atoms with E-state index in [0.717, 1.165) is 0 Å². The Balaban J connectivity index is 2.20. The molecular weight excluding hydrogens is 365 g/mol. The van der Waals surface area contributed by atoms with E-state index in [1.165, 1.54) is 27.5 Å². The second-order valence-electron chi connectivity index (χ2n) is 4.87. The maximum atomic E-state index is 3.90. The summed E-state index contributed by atoms with van der Waals surface area (Å²) < 4.78 is 1.17. The molecule has 0 saturated heterocycles. The maximum absolute atomic E-state index is 3.90. The van der Waals surface area contributed by atoms with E-state index in [0.29, 0.717) is 0 Å². The number of hydrogen-bond acceptors (Lipinski definition) is 0.